The van der Waals surface area contributed by atoms with Gasteiger partial charge >= 0.3 is 6.18 Å². The number of aryl methyl sites for hydroxylation is 1. The molecule has 1 rings (SSSR count). The van der Waals surface area contributed by atoms with Crippen molar-refractivity contribution in [2.45, 2.75) is 19.2 Å². The van der Waals surface area contributed by atoms with Gasteiger partial charge in [0.15, 0.2) is 0 Å². The van der Waals surface area contributed by atoms with Crippen LogP contribution in [0.15, 0.2) is 18.2 Å². The molecule has 0 saturated carbocycles. The van der Waals surface area contributed by atoms with Crippen molar-refractivity contribution in [3.05, 3.63) is 29.3 Å². The molecule has 0 heterocycles. The van der Waals surface area contributed by atoms with Crippen LogP contribution in [0.25, 0.3) is 0 Å². The third-order valence-electron chi connectivity index (χ3n) is 2.26. The first-order valence-electron chi connectivity index (χ1n) is 5.00. The molecule has 0 amide bonds. The Morgan fingerprint density at radius 2 is 2.06 bits per heavy atom. The van der Waals surface area contributed by atoms with Crippen molar-refractivity contribution in [1.29, 1.82) is 0 Å². The van der Waals surface area contributed by atoms with Crippen LogP contribution < -0.4 is 5.32 Å². The molecular weight excluding hydrogens is 255 g/mol. The molecule has 0 aromatic heterocycles. The average molecular weight is 268 g/mol. The van der Waals surface area contributed by atoms with E-state index in [0.717, 1.165) is 6.07 Å². The highest BCUT2D eigenvalue weighted by Gasteiger charge is 2.32. The van der Waals surface area contributed by atoms with E-state index in [9.17, 15) is 18.3 Å². The minimum atomic E-state index is -4.37. The molecule has 6 heteroatoms. The first-order valence-corrected chi connectivity index (χ1v) is 5.54. The van der Waals surface area contributed by atoms with Crippen molar-refractivity contribution in [3.63, 3.8) is 0 Å². The highest BCUT2D eigenvalue weighted by Crippen LogP contribution is 2.33. The zero-order chi connectivity index (χ0) is 13.1. The topological polar surface area (TPSA) is 32.3 Å². The number of aliphatic hydroxyl groups is 1. The number of hydrogen-bond acceptors (Lipinski definition) is 2. The highest BCUT2D eigenvalue weighted by molar-refractivity contribution is 6.18. The summed E-state index contributed by atoms with van der Waals surface area (Å²) >= 11 is 5.38. The number of nitrogens with one attached hydrogen (secondary N) is 1. The second-order valence-corrected chi connectivity index (χ2v) is 4.03. The van der Waals surface area contributed by atoms with Crippen LogP contribution >= 0.6 is 11.6 Å². The summed E-state index contributed by atoms with van der Waals surface area (Å²) in [5.41, 5.74) is -0.198. The van der Waals surface area contributed by atoms with Gasteiger partial charge in [-0.25, -0.2) is 0 Å². The van der Waals surface area contributed by atoms with Crippen LogP contribution in [0.5, 0.6) is 0 Å². The Labute approximate surface area is 102 Å². The van der Waals surface area contributed by atoms with Crippen LogP contribution in [0.2, 0.25) is 0 Å². The van der Waals surface area contributed by atoms with Crippen LogP contribution in [0, 0.1) is 6.92 Å². The normalized spacial score (nSPS) is 13.5. The number of aliphatic hydroxyl groups excluding tert-OH is 1. The average Bonchev–Trinajstić information content (AvgIpc) is 2.26. The predicted octanol–water partition coefficient (Wildman–Crippen LogP) is 3.03. The lowest BCUT2D eigenvalue weighted by molar-refractivity contribution is -0.138. The Bertz CT molecular complexity index is 381. The van der Waals surface area contributed by atoms with E-state index in [4.69, 9.17) is 11.6 Å². The smallest absolute Gasteiger partial charge is 0.390 e. The minimum Gasteiger partial charge on any atom is -0.390 e. The third-order valence-corrected chi connectivity index (χ3v) is 2.62. The number of anilines is 1. The standard InChI is InChI=1S/C11H13ClF3NO/c1-7-2-3-8(16-6-9(17)5-12)4-10(7)11(13,14)15/h2-4,9,16-17H,5-6H2,1H3. The molecule has 0 aliphatic rings. The van der Waals surface area contributed by atoms with E-state index in [1.165, 1.54) is 19.1 Å². The largest absolute Gasteiger partial charge is 0.416 e. The Morgan fingerprint density at radius 3 is 2.59 bits per heavy atom. The zero-order valence-electron chi connectivity index (χ0n) is 9.18. The van der Waals surface area contributed by atoms with Gasteiger partial charge in [-0.05, 0) is 24.6 Å². The highest BCUT2D eigenvalue weighted by atomic mass is 35.5. The molecule has 1 aromatic carbocycles. The van der Waals surface area contributed by atoms with Gasteiger partial charge in [0.2, 0.25) is 0 Å². The van der Waals surface area contributed by atoms with E-state index in [2.05, 4.69) is 5.32 Å². The molecule has 0 radical (unpaired) electrons. The van der Waals surface area contributed by atoms with E-state index in [0.29, 0.717) is 5.69 Å². The predicted molar refractivity (Wildman–Crippen MR) is 61.4 cm³/mol. The van der Waals surface area contributed by atoms with Gasteiger partial charge in [0.25, 0.3) is 0 Å². The second kappa shape index (κ2) is 5.60. The van der Waals surface area contributed by atoms with Crippen LogP contribution in [-0.2, 0) is 6.18 Å². The fraction of sp³-hybridized carbons (Fsp3) is 0.455. The lowest BCUT2D eigenvalue weighted by atomic mass is 10.1. The maximum absolute atomic E-state index is 12.6. The lowest BCUT2D eigenvalue weighted by Crippen LogP contribution is -2.21. The summed E-state index contributed by atoms with van der Waals surface area (Å²) in [6, 6.07) is 3.94. The Hall–Kier alpha value is -0.940. The summed E-state index contributed by atoms with van der Waals surface area (Å²) in [6.45, 7) is 1.52. The first kappa shape index (κ1) is 14.1. The number of halogens is 4. The van der Waals surface area contributed by atoms with Crippen molar-refractivity contribution in [2.75, 3.05) is 17.7 Å². The van der Waals surface area contributed by atoms with Crippen LogP contribution in [0.1, 0.15) is 11.1 Å². The molecule has 96 valence electrons. The summed E-state index contributed by atoms with van der Waals surface area (Å²) in [4.78, 5) is 0. The van der Waals surface area contributed by atoms with Crippen LogP contribution in [0.4, 0.5) is 18.9 Å². The zero-order valence-corrected chi connectivity index (χ0v) is 9.94. The van der Waals surface area contributed by atoms with Gasteiger partial charge < -0.3 is 10.4 Å². The summed E-state index contributed by atoms with van der Waals surface area (Å²) < 4.78 is 37.8. The molecule has 0 aliphatic heterocycles. The molecule has 0 fully saturated rings. The molecule has 0 spiro atoms. The van der Waals surface area contributed by atoms with Crippen molar-refractivity contribution >= 4 is 17.3 Å². The van der Waals surface area contributed by atoms with E-state index >= 15 is 0 Å². The van der Waals surface area contributed by atoms with Gasteiger partial charge in [-0.3, -0.25) is 0 Å². The summed E-state index contributed by atoms with van der Waals surface area (Å²) in [6.07, 6.45) is -5.15. The van der Waals surface area contributed by atoms with Crippen LogP contribution in [-0.4, -0.2) is 23.6 Å². The minimum absolute atomic E-state index is 0.0327. The molecule has 2 N–H and O–H groups in total. The van der Waals surface area contributed by atoms with Gasteiger partial charge in [-0.1, -0.05) is 6.07 Å². The van der Waals surface area contributed by atoms with Crippen LogP contribution in [0.3, 0.4) is 0 Å². The van der Waals surface area contributed by atoms with Crippen molar-refractivity contribution in [3.8, 4) is 0 Å². The van der Waals surface area contributed by atoms with Gasteiger partial charge in [-0.15, -0.1) is 11.6 Å². The third kappa shape index (κ3) is 4.09. The molecule has 0 aliphatic carbocycles. The van der Waals surface area contributed by atoms with Gasteiger partial charge in [0.1, 0.15) is 0 Å². The molecule has 1 atom stereocenters. The van der Waals surface area contributed by atoms with Crippen molar-refractivity contribution < 1.29 is 18.3 Å². The lowest BCUT2D eigenvalue weighted by Gasteiger charge is -2.14. The van der Waals surface area contributed by atoms with Gasteiger partial charge in [0, 0.05) is 12.2 Å². The molecular formula is C11H13ClF3NO. The second-order valence-electron chi connectivity index (χ2n) is 3.72. The molecule has 0 saturated heterocycles. The fourth-order valence-electron chi connectivity index (χ4n) is 1.33. The molecule has 2 nitrogen and oxygen atoms in total. The van der Waals surface area contributed by atoms with E-state index in [1.54, 1.807) is 0 Å². The quantitative estimate of drug-likeness (QED) is 0.822. The first-order chi connectivity index (χ1) is 7.84. The number of hydrogen-bond donors (Lipinski definition) is 2. The summed E-state index contributed by atoms with van der Waals surface area (Å²) in [5, 5.41) is 11.9. The maximum atomic E-state index is 12.6. The number of rotatable bonds is 4. The van der Waals surface area contributed by atoms with Crippen molar-refractivity contribution in [1.82, 2.24) is 0 Å². The Morgan fingerprint density at radius 1 is 1.41 bits per heavy atom. The Balaban J connectivity index is 2.82. The Kier molecular flexibility index (Phi) is 4.65. The monoisotopic (exact) mass is 267 g/mol. The molecule has 0 bridgehead atoms. The molecule has 1 aromatic rings. The van der Waals surface area contributed by atoms with Crippen molar-refractivity contribution in [2.24, 2.45) is 0 Å². The summed E-state index contributed by atoms with van der Waals surface area (Å²) in [5.74, 6) is 0.0327. The molecule has 1 unspecified atom stereocenters. The van der Waals surface area contributed by atoms with E-state index in [1.807, 2.05) is 0 Å². The van der Waals surface area contributed by atoms with E-state index < -0.39 is 17.8 Å². The van der Waals surface area contributed by atoms with Gasteiger partial charge in [0.05, 0.1) is 17.5 Å². The summed E-state index contributed by atoms with van der Waals surface area (Å²) in [7, 11) is 0. The van der Waals surface area contributed by atoms with Gasteiger partial charge in [-0.2, -0.15) is 13.2 Å². The number of alkyl halides is 4. The fourth-order valence-corrected chi connectivity index (χ4v) is 1.44. The SMILES string of the molecule is Cc1ccc(NCC(O)CCl)cc1C(F)(F)F. The molecule has 17 heavy (non-hydrogen) atoms. The maximum Gasteiger partial charge on any atom is 0.416 e. The number of benzene rings is 1. The van der Waals surface area contributed by atoms with E-state index in [-0.39, 0.29) is 18.0 Å².